The van der Waals surface area contributed by atoms with Crippen molar-refractivity contribution in [3.8, 4) is 0 Å². The lowest BCUT2D eigenvalue weighted by molar-refractivity contribution is -0.104. The number of H-pyrrole nitrogens is 1. The Bertz CT molecular complexity index is 664. The highest BCUT2D eigenvalue weighted by molar-refractivity contribution is 5.99. The van der Waals surface area contributed by atoms with Crippen molar-refractivity contribution in [1.82, 2.24) is 15.5 Å². The van der Waals surface area contributed by atoms with E-state index in [1.165, 1.54) is 0 Å². The lowest BCUT2D eigenvalue weighted by Crippen LogP contribution is -2.27. The molecular weight excluding hydrogens is 254 g/mol. The van der Waals surface area contributed by atoms with Gasteiger partial charge in [0, 0.05) is 17.7 Å². The summed E-state index contributed by atoms with van der Waals surface area (Å²) in [6, 6.07) is 0. The number of rotatable bonds is 1. The van der Waals surface area contributed by atoms with E-state index in [-0.39, 0.29) is 18.2 Å². The molecule has 20 heavy (non-hydrogen) atoms. The van der Waals surface area contributed by atoms with Gasteiger partial charge in [0.1, 0.15) is 6.29 Å². The van der Waals surface area contributed by atoms with Crippen LogP contribution >= 0.6 is 0 Å². The minimum Gasteiger partial charge on any atom is -0.378 e. The van der Waals surface area contributed by atoms with Crippen molar-refractivity contribution in [2.45, 2.75) is 13.3 Å². The summed E-state index contributed by atoms with van der Waals surface area (Å²) in [5, 5.41) is 10.00. The molecule has 1 unspecified atom stereocenters. The number of fused-ring (bicyclic) bond motifs is 2. The number of nitrogens with one attached hydrogen (secondary N) is 2. The Labute approximate surface area is 116 Å². The molecule has 0 aromatic carbocycles. The summed E-state index contributed by atoms with van der Waals surface area (Å²) < 4.78 is 0. The molecule has 2 N–H and O–H groups in total. The Morgan fingerprint density at radius 2 is 2.25 bits per heavy atom. The van der Waals surface area contributed by atoms with Crippen LogP contribution in [0.15, 0.2) is 41.3 Å². The Hall–Kier alpha value is -2.43. The van der Waals surface area contributed by atoms with E-state index in [9.17, 15) is 9.59 Å². The fourth-order valence-electron chi connectivity index (χ4n) is 2.59. The minimum atomic E-state index is 0.0224. The molecule has 1 aromatic heterocycles. The van der Waals surface area contributed by atoms with Crippen molar-refractivity contribution in [3.05, 3.63) is 52.5 Å². The van der Waals surface area contributed by atoms with E-state index in [0.29, 0.717) is 17.6 Å². The SMILES string of the molecule is CC1C=C(C=O)C=C2Cc3[nH]ncc3C(=O)CNC2=C1. The maximum Gasteiger partial charge on any atom is 0.185 e. The molecule has 2 heterocycles. The number of hydrogen-bond donors (Lipinski definition) is 2. The summed E-state index contributed by atoms with van der Waals surface area (Å²) in [6.45, 7) is 2.25. The van der Waals surface area contributed by atoms with E-state index >= 15 is 0 Å². The van der Waals surface area contributed by atoms with Crippen LogP contribution in [0.25, 0.3) is 0 Å². The zero-order valence-electron chi connectivity index (χ0n) is 11.1. The van der Waals surface area contributed by atoms with Gasteiger partial charge in [0.15, 0.2) is 5.78 Å². The van der Waals surface area contributed by atoms with Gasteiger partial charge in [0.25, 0.3) is 0 Å². The molecule has 5 heteroatoms. The third kappa shape index (κ3) is 2.22. The van der Waals surface area contributed by atoms with E-state index in [0.717, 1.165) is 23.3 Å². The number of Topliss-reactive ketones (excluding diaryl/α,β-unsaturated/α-hetero) is 1. The third-order valence-corrected chi connectivity index (χ3v) is 3.53. The quantitative estimate of drug-likeness (QED) is 0.754. The van der Waals surface area contributed by atoms with Gasteiger partial charge in [-0.3, -0.25) is 14.7 Å². The topological polar surface area (TPSA) is 74.8 Å². The van der Waals surface area contributed by atoms with E-state index < -0.39 is 0 Å². The van der Waals surface area contributed by atoms with Crippen LogP contribution in [0.1, 0.15) is 23.0 Å². The van der Waals surface area contributed by atoms with Crippen molar-refractivity contribution in [1.29, 1.82) is 0 Å². The second-order valence-electron chi connectivity index (χ2n) is 5.11. The highest BCUT2D eigenvalue weighted by Gasteiger charge is 2.21. The summed E-state index contributed by atoms with van der Waals surface area (Å²) in [6.07, 6.45) is 8.79. The zero-order valence-corrected chi connectivity index (χ0v) is 11.1. The molecule has 0 spiro atoms. The van der Waals surface area contributed by atoms with E-state index in [2.05, 4.69) is 15.5 Å². The highest BCUT2D eigenvalue weighted by atomic mass is 16.1. The van der Waals surface area contributed by atoms with E-state index in [1.807, 2.05) is 25.2 Å². The number of ketones is 1. The van der Waals surface area contributed by atoms with Gasteiger partial charge in [-0.2, -0.15) is 5.10 Å². The van der Waals surface area contributed by atoms with Gasteiger partial charge in [-0.25, -0.2) is 0 Å². The number of aldehydes is 1. The predicted octanol–water partition coefficient (Wildman–Crippen LogP) is 1.32. The standard InChI is InChI=1S/C15H15N3O2/c1-9-2-10(8-19)4-11-5-14-12(6-17-18-14)15(20)7-16-13(11)3-9/h2-4,6,8-9,16H,5,7H2,1H3,(H,17,18). The second kappa shape index (κ2) is 4.92. The van der Waals surface area contributed by atoms with Crippen molar-refractivity contribution in [2.24, 2.45) is 5.92 Å². The van der Waals surface area contributed by atoms with Gasteiger partial charge in [0.05, 0.1) is 24.0 Å². The number of nitrogens with zero attached hydrogens (tertiary/aromatic N) is 1. The number of aromatic amines is 1. The average molecular weight is 269 g/mol. The molecule has 0 fully saturated rings. The number of aromatic nitrogens is 2. The van der Waals surface area contributed by atoms with Gasteiger partial charge in [0.2, 0.25) is 0 Å². The zero-order chi connectivity index (χ0) is 14.1. The van der Waals surface area contributed by atoms with E-state index in [1.54, 1.807) is 6.20 Å². The first-order valence-corrected chi connectivity index (χ1v) is 6.56. The van der Waals surface area contributed by atoms with Crippen molar-refractivity contribution >= 4 is 12.1 Å². The van der Waals surface area contributed by atoms with Crippen LogP contribution in [0.3, 0.4) is 0 Å². The maximum absolute atomic E-state index is 12.0. The Morgan fingerprint density at radius 3 is 3.05 bits per heavy atom. The molecule has 0 saturated heterocycles. The van der Waals surface area contributed by atoms with Gasteiger partial charge >= 0.3 is 0 Å². The lowest BCUT2D eigenvalue weighted by Gasteiger charge is -2.17. The highest BCUT2D eigenvalue weighted by Crippen LogP contribution is 2.24. The van der Waals surface area contributed by atoms with Crippen LogP contribution in [0.5, 0.6) is 0 Å². The molecule has 3 rings (SSSR count). The average Bonchev–Trinajstić information content (AvgIpc) is 2.81. The molecule has 102 valence electrons. The summed E-state index contributed by atoms with van der Waals surface area (Å²) in [7, 11) is 0. The lowest BCUT2D eigenvalue weighted by atomic mass is 9.98. The first-order chi connectivity index (χ1) is 9.67. The van der Waals surface area contributed by atoms with Gasteiger partial charge in [-0.05, 0) is 17.6 Å². The largest absolute Gasteiger partial charge is 0.378 e. The van der Waals surface area contributed by atoms with Crippen molar-refractivity contribution < 1.29 is 9.59 Å². The molecule has 1 aliphatic heterocycles. The molecule has 1 atom stereocenters. The normalized spacial score (nSPS) is 21.9. The number of hydrogen-bond acceptors (Lipinski definition) is 4. The third-order valence-electron chi connectivity index (χ3n) is 3.53. The molecule has 5 nitrogen and oxygen atoms in total. The Morgan fingerprint density at radius 1 is 1.40 bits per heavy atom. The number of carbonyl (C=O) groups is 2. The van der Waals surface area contributed by atoms with Gasteiger partial charge in [-0.15, -0.1) is 0 Å². The van der Waals surface area contributed by atoms with Crippen LogP contribution in [0.2, 0.25) is 0 Å². The van der Waals surface area contributed by atoms with Crippen LogP contribution in [0, 0.1) is 5.92 Å². The Balaban J connectivity index is 2.07. The van der Waals surface area contributed by atoms with Crippen LogP contribution in [-0.4, -0.2) is 28.8 Å². The van der Waals surface area contributed by atoms with Crippen molar-refractivity contribution in [3.63, 3.8) is 0 Å². The molecule has 0 radical (unpaired) electrons. The summed E-state index contributed by atoms with van der Waals surface area (Å²) >= 11 is 0. The van der Waals surface area contributed by atoms with Crippen LogP contribution in [-0.2, 0) is 11.2 Å². The van der Waals surface area contributed by atoms with Gasteiger partial charge in [-0.1, -0.05) is 19.1 Å². The Kier molecular flexibility index (Phi) is 3.10. The predicted molar refractivity (Wildman–Crippen MR) is 74.1 cm³/mol. The fourth-order valence-corrected chi connectivity index (χ4v) is 2.59. The maximum atomic E-state index is 12.0. The summed E-state index contributed by atoms with van der Waals surface area (Å²) in [4.78, 5) is 23.1. The molecule has 0 saturated carbocycles. The summed E-state index contributed by atoms with van der Waals surface area (Å²) in [5.74, 6) is 0.163. The molecular formula is C15H15N3O2. The molecule has 0 bridgehead atoms. The smallest absolute Gasteiger partial charge is 0.185 e. The van der Waals surface area contributed by atoms with Crippen LogP contribution in [0.4, 0.5) is 0 Å². The van der Waals surface area contributed by atoms with E-state index in [4.69, 9.17) is 0 Å². The van der Waals surface area contributed by atoms with Gasteiger partial charge < -0.3 is 5.32 Å². The summed E-state index contributed by atoms with van der Waals surface area (Å²) in [5.41, 5.74) is 3.98. The molecule has 1 aliphatic carbocycles. The first kappa shape index (κ1) is 12.6. The van der Waals surface area contributed by atoms with Crippen LogP contribution < -0.4 is 5.32 Å². The second-order valence-corrected chi connectivity index (χ2v) is 5.11. The minimum absolute atomic E-state index is 0.0224. The fraction of sp³-hybridized carbons (Fsp3) is 0.267. The molecule has 2 aliphatic rings. The number of allylic oxidation sites excluding steroid dienone is 5. The number of carbonyl (C=O) groups excluding carboxylic acids is 2. The first-order valence-electron chi connectivity index (χ1n) is 6.56. The molecule has 1 aromatic rings. The molecule has 0 amide bonds. The van der Waals surface area contributed by atoms with Crippen molar-refractivity contribution in [2.75, 3.05) is 6.54 Å². The monoisotopic (exact) mass is 269 g/mol.